The van der Waals surface area contributed by atoms with Gasteiger partial charge in [0.1, 0.15) is 0 Å². The van der Waals surface area contributed by atoms with E-state index in [4.69, 9.17) is 15.0 Å². The van der Waals surface area contributed by atoms with Gasteiger partial charge in [0.25, 0.3) is 0 Å². The van der Waals surface area contributed by atoms with Crippen LogP contribution >= 0.6 is 11.3 Å². The van der Waals surface area contributed by atoms with Crippen molar-refractivity contribution in [3.63, 3.8) is 0 Å². The normalized spacial score (nSPS) is 11.4. The number of para-hydroxylation sites is 1. The molecule has 0 spiro atoms. The molecule has 0 amide bonds. The second-order valence-electron chi connectivity index (χ2n) is 14.3. The highest BCUT2D eigenvalue weighted by molar-refractivity contribution is 7.26. The smallest absolute Gasteiger partial charge is 0.166 e. The van der Waals surface area contributed by atoms with Crippen molar-refractivity contribution in [3.05, 3.63) is 194 Å². The molecular formula is C52H31N5S. The van der Waals surface area contributed by atoms with Crippen molar-refractivity contribution in [2.75, 3.05) is 0 Å². The number of benzene rings is 8. The summed E-state index contributed by atoms with van der Waals surface area (Å²) in [5.74, 6) is 1.80. The molecule has 0 saturated heterocycles. The number of fused-ring (bicyclic) bond motifs is 6. The molecule has 0 radical (unpaired) electrons. The van der Waals surface area contributed by atoms with Gasteiger partial charge in [0.2, 0.25) is 0 Å². The predicted molar refractivity (Wildman–Crippen MR) is 239 cm³/mol. The molecular weight excluding hydrogens is 727 g/mol. The van der Waals surface area contributed by atoms with E-state index >= 15 is 0 Å². The van der Waals surface area contributed by atoms with Crippen molar-refractivity contribution in [2.24, 2.45) is 0 Å². The maximum atomic E-state index is 9.48. The number of nitriles is 1. The standard InChI is InChI=1S/C52H31N5S/c53-32-33-22-24-34(25-23-33)37-26-28-41-40-16-7-9-20-45(40)57(47(41)31-37)46-29-27-38(39-18-11-19-43-42-17-8-10-21-48(42)58-49(39)43)30-44(46)52-55-50(35-12-3-1-4-13-35)54-51(56-52)36-14-5-2-6-15-36/h1-31H. The summed E-state index contributed by atoms with van der Waals surface area (Å²) in [7, 11) is 0. The molecule has 0 aliphatic heterocycles. The van der Waals surface area contributed by atoms with Crippen molar-refractivity contribution in [2.45, 2.75) is 0 Å². The van der Waals surface area contributed by atoms with Gasteiger partial charge >= 0.3 is 0 Å². The zero-order valence-electron chi connectivity index (χ0n) is 31.0. The van der Waals surface area contributed by atoms with Crippen LogP contribution in [-0.4, -0.2) is 19.5 Å². The maximum absolute atomic E-state index is 9.48. The van der Waals surface area contributed by atoms with Gasteiger partial charge in [-0.25, -0.2) is 15.0 Å². The molecule has 11 aromatic rings. The van der Waals surface area contributed by atoms with Gasteiger partial charge in [-0.15, -0.1) is 11.3 Å². The van der Waals surface area contributed by atoms with E-state index in [9.17, 15) is 5.26 Å². The van der Waals surface area contributed by atoms with Crippen molar-refractivity contribution < 1.29 is 0 Å². The van der Waals surface area contributed by atoms with Crippen LogP contribution < -0.4 is 0 Å². The molecule has 6 heteroatoms. The fraction of sp³-hybridized carbons (Fsp3) is 0. The van der Waals surface area contributed by atoms with Crippen molar-refractivity contribution in [1.82, 2.24) is 19.5 Å². The van der Waals surface area contributed by atoms with Crippen LogP contribution in [0, 0.1) is 11.3 Å². The first-order chi connectivity index (χ1) is 28.7. The summed E-state index contributed by atoms with van der Waals surface area (Å²) >= 11 is 1.83. The molecule has 58 heavy (non-hydrogen) atoms. The average molecular weight is 758 g/mol. The minimum atomic E-state index is 0.585. The van der Waals surface area contributed by atoms with Gasteiger partial charge in [0, 0.05) is 47.6 Å². The van der Waals surface area contributed by atoms with E-state index in [-0.39, 0.29) is 0 Å². The van der Waals surface area contributed by atoms with Gasteiger partial charge in [-0.3, -0.25) is 0 Å². The molecule has 0 atom stereocenters. The highest BCUT2D eigenvalue weighted by Crippen LogP contribution is 2.43. The molecule has 270 valence electrons. The van der Waals surface area contributed by atoms with Crippen LogP contribution in [0.2, 0.25) is 0 Å². The number of hydrogen-bond donors (Lipinski definition) is 0. The Labute approximate surface area is 338 Å². The lowest BCUT2D eigenvalue weighted by Crippen LogP contribution is -2.04. The minimum Gasteiger partial charge on any atom is -0.308 e. The highest BCUT2D eigenvalue weighted by atomic mass is 32.1. The molecule has 0 unspecified atom stereocenters. The molecule has 3 aromatic heterocycles. The van der Waals surface area contributed by atoms with Crippen LogP contribution in [0.15, 0.2) is 188 Å². The number of hydrogen-bond acceptors (Lipinski definition) is 5. The topological polar surface area (TPSA) is 67.4 Å². The third-order valence-electron chi connectivity index (χ3n) is 10.9. The number of nitrogens with zero attached hydrogens (tertiary/aromatic N) is 5. The number of rotatable bonds is 6. The van der Waals surface area contributed by atoms with Crippen LogP contribution in [0.1, 0.15) is 5.56 Å². The van der Waals surface area contributed by atoms with E-state index < -0.39 is 0 Å². The average Bonchev–Trinajstić information content (AvgIpc) is 3.85. The molecule has 0 aliphatic rings. The van der Waals surface area contributed by atoms with Crippen molar-refractivity contribution in [3.8, 4) is 68.2 Å². The summed E-state index contributed by atoms with van der Waals surface area (Å²) in [6.07, 6.45) is 0. The van der Waals surface area contributed by atoms with Crippen LogP contribution in [0.4, 0.5) is 0 Å². The summed E-state index contributed by atoms with van der Waals surface area (Å²) in [6.45, 7) is 0. The fourth-order valence-electron chi connectivity index (χ4n) is 8.13. The Balaban J connectivity index is 1.22. The van der Waals surface area contributed by atoms with Gasteiger partial charge in [0.15, 0.2) is 17.5 Å². The van der Waals surface area contributed by atoms with Gasteiger partial charge in [0.05, 0.1) is 28.4 Å². The van der Waals surface area contributed by atoms with E-state index in [2.05, 4.69) is 114 Å². The highest BCUT2D eigenvalue weighted by Gasteiger charge is 2.22. The van der Waals surface area contributed by atoms with Gasteiger partial charge in [-0.1, -0.05) is 146 Å². The number of aromatic nitrogens is 4. The second-order valence-corrected chi connectivity index (χ2v) is 15.4. The molecule has 8 aromatic carbocycles. The third-order valence-corrected chi connectivity index (χ3v) is 12.1. The van der Waals surface area contributed by atoms with E-state index in [1.54, 1.807) is 0 Å². The Morgan fingerprint density at radius 2 is 1.02 bits per heavy atom. The summed E-state index contributed by atoms with van der Waals surface area (Å²) < 4.78 is 4.87. The lowest BCUT2D eigenvalue weighted by molar-refractivity contribution is 1.06. The third kappa shape index (κ3) is 5.64. The Bertz CT molecular complexity index is 3340. The molecule has 0 bridgehead atoms. The van der Waals surface area contributed by atoms with Crippen molar-refractivity contribution in [1.29, 1.82) is 5.26 Å². The molecule has 11 rings (SSSR count). The summed E-state index contributed by atoms with van der Waals surface area (Å²) in [5, 5.41) is 14.3. The fourth-order valence-corrected chi connectivity index (χ4v) is 9.37. The van der Waals surface area contributed by atoms with E-state index in [1.165, 1.54) is 20.2 Å². The molecule has 5 nitrogen and oxygen atoms in total. The lowest BCUT2D eigenvalue weighted by Gasteiger charge is -2.17. The Hall–Kier alpha value is -7.72. The van der Waals surface area contributed by atoms with E-state index in [0.29, 0.717) is 23.0 Å². The molecule has 0 fully saturated rings. The van der Waals surface area contributed by atoms with Crippen LogP contribution in [-0.2, 0) is 0 Å². The first-order valence-corrected chi connectivity index (χ1v) is 20.0. The SMILES string of the molecule is N#Cc1ccc(-c2ccc3c4ccccc4n(-c4ccc(-c5cccc6c5sc5ccccc56)cc4-c4nc(-c5ccccc5)nc(-c5ccccc5)n4)c3c2)cc1. The maximum Gasteiger partial charge on any atom is 0.166 e. The Kier molecular flexibility index (Phi) is 7.99. The molecule has 0 aliphatic carbocycles. The van der Waals surface area contributed by atoms with Crippen LogP contribution in [0.3, 0.4) is 0 Å². The largest absolute Gasteiger partial charge is 0.308 e. The first kappa shape index (κ1) is 33.6. The molecule has 0 N–H and O–H groups in total. The zero-order valence-corrected chi connectivity index (χ0v) is 31.9. The van der Waals surface area contributed by atoms with Crippen molar-refractivity contribution >= 4 is 53.3 Å². The predicted octanol–water partition coefficient (Wildman–Crippen LogP) is 13.5. The first-order valence-electron chi connectivity index (χ1n) is 19.2. The quantitative estimate of drug-likeness (QED) is 0.169. The summed E-state index contributed by atoms with van der Waals surface area (Å²) in [5.41, 5.74) is 10.8. The van der Waals surface area contributed by atoms with Crippen LogP contribution in [0.5, 0.6) is 0 Å². The summed E-state index contributed by atoms with van der Waals surface area (Å²) in [4.78, 5) is 15.6. The lowest BCUT2D eigenvalue weighted by atomic mass is 9.99. The number of thiophene rings is 1. The van der Waals surface area contributed by atoms with E-state index in [1.807, 2.05) is 96.3 Å². The second kappa shape index (κ2) is 13.8. The van der Waals surface area contributed by atoms with Gasteiger partial charge < -0.3 is 4.57 Å². The molecule has 0 saturated carbocycles. The van der Waals surface area contributed by atoms with E-state index in [0.717, 1.165) is 66.4 Å². The minimum absolute atomic E-state index is 0.585. The Morgan fingerprint density at radius 3 is 1.76 bits per heavy atom. The molecule has 3 heterocycles. The summed E-state index contributed by atoms with van der Waals surface area (Å²) in [6, 6.07) is 67.5. The zero-order chi connectivity index (χ0) is 38.6. The van der Waals surface area contributed by atoms with Crippen LogP contribution in [0.25, 0.3) is 104 Å². The van der Waals surface area contributed by atoms with Gasteiger partial charge in [-0.2, -0.15) is 5.26 Å². The Morgan fingerprint density at radius 1 is 0.414 bits per heavy atom. The monoisotopic (exact) mass is 757 g/mol. The van der Waals surface area contributed by atoms with Gasteiger partial charge in [-0.05, 0) is 64.7 Å².